The number of nitrogens with zero attached hydrogens (tertiary/aromatic N) is 1. The first kappa shape index (κ1) is 13.1. The Balaban J connectivity index is 2.21. The van der Waals surface area contributed by atoms with Crippen LogP contribution in [0.3, 0.4) is 0 Å². The summed E-state index contributed by atoms with van der Waals surface area (Å²) in [5.74, 6) is 0.183. The molecule has 0 fully saturated rings. The summed E-state index contributed by atoms with van der Waals surface area (Å²) >= 11 is 3.44. The summed E-state index contributed by atoms with van der Waals surface area (Å²) in [6, 6.07) is 5.87. The van der Waals surface area contributed by atoms with Crippen molar-refractivity contribution in [3.8, 4) is 5.88 Å². The molecule has 0 amide bonds. The molecule has 0 aliphatic rings. The van der Waals surface area contributed by atoms with Gasteiger partial charge in [-0.3, -0.25) is 4.99 Å². The van der Waals surface area contributed by atoms with Crippen LogP contribution in [0.15, 0.2) is 27.7 Å². The predicted octanol–water partition coefficient (Wildman–Crippen LogP) is 4.25. The molecule has 2 aromatic rings. The Morgan fingerprint density at radius 3 is 3.00 bits per heavy atom. The van der Waals surface area contributed by atoms with Crippen LogP contribution in [-0.4, -0.2) is 22.8 Å². The first-order valence-corrected chi connectivity index (χ1v) is 7.01. The van der Waals surface area contributed by atoms with E-state index in [1.807, 2.05) is 18.2 Å². The first-order valence-electron chi connectivity index (χ1n) is 6.22. The van der Waals surface area contributed by atoms with Crippen molar-refractivity contribution in [3.63, 3.8) is 0 Å². The second kappa shape index (κ2) is 6.05. The largest absolute Gasteiger partial charge is 0.494 e. The predicted molar refractivity (Wildman–Crippen MR) is 79.6 cm³/mol. The third-order valence-corrected chi connectivity index (χ3v) is 3.38. The quantitative estimate of drug-likeness (QED) is 0.629. The number of aromatic amines is 1. The molecule has 3 nitrogen and oxygen atoms in total. The number of fused-ring (bicyclic) bond motifs is 1. The van der Waals surface area contributed by atoms with Crippen LogP contribution in [0.2, 0.25) is 0 Å². The average molecular weight is 309 g/mol. The zero-order chi connectivity index (χ0) is 13.0. The van der Waals surface area contributed by atoms with Gasteiger partial charge in [0.1, 0.15) is 0 Å². The molecule has 2 rings (SSSR count). The van der Waals surface area contributed by atoms with Crippen LogP contribution in [0, 0.1) is 0 Å². The number of rotatable bonds is 5. The third-order valence-electron chi connectivity index (χ3n) is 2.89. The van der Waals surface area contributed by atoms with Gasteiger partial charge in [-0.25, -0.2) is 0 Å². The maximum Gasteiger partial charge on any atom is 0.198 e. The van der Waals surface area contributed by atoms with Gasteiger partial charge in [0.2, 0.25) is 0 Å². The van der Waals surface area contributed by atoms with Gasteiger partial charge in [-0.05, 0) is 24.6 Å². The molecule has 1 aromatic heterocycles. The number of aromatic hydroxyl groups is 1. The number of hydrogen-bond acceptors (Lipinski definition) is 2. The lowest BCUT2D eigenvalue weighted by molar-refractivity contribution is 0.457. The normalized spacial score (nSPS) is 11.7. The van der Waals surface area contributed by atoms with Crippen molar-refractivity contribution in [2.24, 2.45) is 4.99 Å². The fourth-order valence-electron chi connectivity index (χ4n) is 1.91. The summed E-state index contributed by atoms with van der Waals surface area (Å²) in [5.41, 5.74) is 1.69. The fourth-order valence-corrected chi connectivity index (χ4v) is 2.27. The summed E-state index contributed by atoms with van der Waals surface area (Å²) in [6.07, 6.45) is 5.25. The van der Waals surface area contributed by atoms with Crippen molar-refractivity contribution in [2.45, 2.75) is 26.2 Å². The Hall–Kier alpha value is -1.29. The molecule has 0 aliphatic carbocycles. The van der Waals surface area contributed by atoms with Gasteiger partial charge < -0.3 is 10.1 Å². The summed E-state index contributed by atoms with van der Waals surface area (Å²) in [7, 11) is 0. The number of H-pyrrole nitrogens is 1. The molecular formula is C14H17BrN2O. The Kier molecular flexibility index (Phi) is 4.42. The number of halogens is 1. The molecule has 0 saturated heterocycles. The zero-order valence-corrected chi connectivity index (χ0v) is 12.0. The lowest BCUT2D eigenvalue weighted by atomic mass is 10.2. The van der Waals surface area contributed by atoms with Crippen LogP contribution in [-0.2, 0) is 0 Å². The molecule has 18 heavy (non-hydrogen) atoms. The minimum atomic E-state index is 0.183. The van der Waals surface area contributed by atoms with E-state index in [4.69, 9.17) is 0 Å². The fraction of sp³-hybridized carbons (Fsp3) is 0.357. The van der Waals surface area contributed by atoms with Crippen molar-refractivity contribution in [1.82, 2.24) is 4.98 Å². The third kappa shape index (κ3) is 2.93. The number of nitrogens with one attached hydrogen (secondary N) is 1. The average Bonchev–Trinajstić information content (AvgIpc) is 2.65. The lowest BCUT2D eigenvalue weighted by Crippen LogP contribution is -1.84. The summed E-state index contributed by atoms with van der Waals surface area (Å²) in [6.45, 7) is 2.99. The smallest absolute Gasteiger partial charge is 0.198 e. The van der Waals surface area contributed by atoms with Gasteiger partial charge in [0.15, 0.2) is 5.88 Å². The summed E-state index contributed by atoms with van der Waals surface area (Å²) in [4.78, 5) is 7.32. The molecule has 1 heterocycles. The van der Waals surface area contributed by atoms with E-state index < -0.39 is 0 Å². The van der Waals surface area contributed by atoms with Crippen molar-refractivity contribution >= 4 is 33.0 Å². The number of benzene rings is 1. The van der Waals surface area contributed by atoms with E-state index in [1.54, 1.807) is 6.21 Å². The minimum absolute atomic E-state index is 0.183. The van der Waals surface area contributed by atoms with Gasteiger partial charge in [0, 0.05) is 28.1 Å². The maximum absolute atomic E-state index is 9.87. The van der Waals surface area contributed by atoms with Gasteiger partial charge in [-0.2, -0.15) is 0 Å². The van der Waals surface area contributed by atoms with Crippen LogP contribution in [0.4, 0.5) is 0 Å². The van der Waals surface area contributed by atoms with Crippen LogP contribution >= 0.6 is 15.9 Å². The minimum Gasteiger partial charge on any atom is -0.494 e. The zero-order valence-electron chi connectivity index (χ0n) is 10.4. The summed E-state index contributed by atoms with van der Waals surface area (Å²) < 4.78 is 0.995. The lowest BCUT2D eigenvalue weighted by Gasteiger charge is -1.95. The molecule has 0 unspecified atom stereocenters. The van der Waals surface area contributed by atoms with Gasteiger partial charge in [-0.1, -0.05) is 35.7 Å². The molecule has 96 valence electrons. The van der Waals surface area contributed by atoms with Gasteiger partial charge in [0.25, 0.3) is 0 Å². The SMILES string of the molecule is CCCCCN=Cc1c(O)[nH]c2ccc(Br)cc12. The molecule has 0 saturated carbocycles. The molecule has 0 radical (unpaired) electrons. The molecule has 0 spiro atoms. The molecular weight excluding hydrogens is 292 g/mol. The van der Waals surface area contributed by atoms with Crippen LogP contribution in [0.5, 0.6) is 5.88 Å². The molecule has 0 bridgehead atoms. The molecule has 1 aromatic carbocycles. The van der Waals surface area contributed by atoms with Crippen LogP contribution in [0.1, 0.15) is 31.7 Å². The molecule has 0 atom stereocenters. The number of hydrogen-bond donors (Lipinski definition) is 2. The number of aromatic nitrogens is 1. The highest BCUT2D eigenvalue weighted by molar-refractivity contribution is 9.10. The molecule has 4 heteroatoms. The Morgan fingerprint density at radius 2 is 2.22 bits per heavy atom. The summed E-state index contributed by atoms with van der Waals surface area (Å²) in [5, 5.41) is 10.9. The van der Waals surface area contributed by atoms with Gasteiger partial charge >= 0.3 is 0 Å². The standard InChI is InChI=1S/C14H17BrN2O/c1-2-3-4-7-16-9-12-11-8-10(15)5-6-13(11)17-14(12)18/h5-6,8-9,17-18H,2-4,7H2,1H3. The van der Waals surface area contributed by atoms with Crippen molar-refractivity contribution in [2.75, 3.05) is 6.54 Å². The highest BCUT2D eigenvalue weighted by atomic mass is 79.9. The van der Waals surface area contributed by atoms with Gasteiger partial charge in [0.05, 0.1) is 5.56 Å². The van der Waals surface area contributed by atoms with E-state index in [-0.39, 0.29) is 5.88 Å². The highest BCUT2D eigenvalue weighted by Crippen LogP contribution is 2.28. The second-order valence-electron chi connectivity index (χ2n) is 4.32. The van der Waals surface area contributed by atoms with E-state index in [9.17, 15) is 5.11 Å². The van der Waals surface area contributed by atoms with Crippen molar-refractivity contribution in [3.05, 3.63) is 28.2 Å². The van der Waals surface area contributed by atoms with E-state index in [0.29, 0.717) is 0 Å². The Bertz CT molecular complexity index is 560. The maximum atomic E-state index is 9.87. The van der Waals surface area contributed by atoms with Crippen LogP contribution in [0.25, 0.3) is 10.9 Å². The Morgan fingerprint density at radius 1 is 1.39 bits per heavy atom. The second-order valence-corrected chi connectivity index (χ2v) is 5.24. The van der Waals surface area contributed by atoms with Crippen molar-refractivity contribution in [1.29, 1.82) is 0 Å². The molecule has 2 N–H and O–H groups in total. The van der Waals surface area contributed by atoms with Crippen LogP contribution < -0.4 is 0 Å². The van der Waals surface area contributed by atoms with E-state index in [2.05, 4.69) is 32.8 Å². The number of unbranched alkanes of at least 4 members (excludes halogenated alkanes) is 2. The number of aliphatic imine (C=N–C) groups is 1. The van der Waals surface area contributed by atoms with E-state index in [1.165, 1.54) is 12.8 Å². The monoisotopic (exact) mass is 308 g/mol. The molecule has 0 aliphatic heterocycles. The first-order chi connectivity index (χ1) is 8.72. The van der Waals surface area contributed by atoms with E-state index in [0.717, 1.165) is 33.9 Å². The topological polar surface area (TPSA) is 48.4 Å². The highest BCUT2D eigenvalue weighted by Gasteiger charge is 2.08. The van der Waals surface area contributed by atoms with Gasteiger partial charge in [-0.15, -0.1) is 0 Å². The van der Waals surface area contributed by atoms with Crippen molar-refractivity contribution < 1.29 is 5.11 Å². The van der Waals surface area contributed by atoms with E-state index >= 15 is 0 Å². The Labute approximate surface area is 115 Å².